The Bertz CT molecular complexity index is 734. The average molecular weight is 331 g/mol. The van der Waals surface area contributed by atoms with E-state index in [-0.39, 0.29) is 5.69 Å². The van der Waals surface area contributed by atoms with Crippen LogP contribution in [0.4, 0.5) is 17.1 Å². The predicted molar refractivity (Wildman–Crippen MR) is 95.3 cm³/mol. The molecule has 0 heterocycles. The largest absolute Gasteiger partial charge is 0.494 e. The number of nitrogens with zero attached hydrogens (tertiary/aromatic N) is 1. The van der Waals surface area contributed by atoms with Crippen LogP contribution in [-0.2, 0) is 6.42 Å². The molecule has 0 spiro atoms. The van der Waals surface area contributed by atoms with Gasteiger partial charge in [0.25, 0.3) is 5.69 Å². The van der Waals surface area contributed by atoms with E-state index in [9.17, 15) is 10.1 Å². The molecule has 2 aromatic carbocycles. The second-order valence-electron chi connectivity index (χ2n) is 4.77. The van der Waals surface area contributed by atoms with E-state index in [0.29, 0.717) is 16.5 Å². The van der Waals surface area contributed by atoms with Gasteiger partial charge in [-0.1, -0.05) is 19.1 Å². The van der Waals surface area contributed by atoms with Crippen molar-refractivity contribution in [2.75, 3.05) is 17.7 Å². The Hall–Kier alpha value is -2.67. The maximum absolute atomic E-state index is 10.8. The van der Waals surface area contributed by atoms with Gasteiger partial charge in [0.2, 0.25) is 0 Å². The van der Waals surface area contributed by atoms with Crippen LogP contribution in [0, 0.1) is 10.1 Å². The molecule has 0 amide bonds. The molecule has 0 aromatic heterocycles. The summed E-state index contributed by atoms with van der Waals surface area (Å²) in [6, 6.07) is 12.2. The Kier molecular flexibility index (Phi) is 5.48. The molecule has 120 valence electrons. The van der Waals surface area contributed by atoms with Gasteiger partial charge in [-0.15, -0.1) is 0 Å². The van der Waals surface area contributed by atoms with Crippen LogP contribution in [0.2, 0.25) is 0 Å². The summed E-state index contributed by atoms with van der Waals surface area (Å²) < 4.78 is 5.17. The lowest BCUT2D eigenvalue weighted by Crippen LogP contribution is -2.19. The van der Waals surface area contributed by atoms with Crippen molar-refractivity contribution in [2.24, 2.45) is 0 Å². The Morgan fingerprint density at radius 1 is 1.26 bits per heavy atom. The molecule has 7 heteroatoms. The third kappa shape index (κ3) is 4.40. The zero-order chi connectivity index (χ0) is 16.8. The van der Waals surface area contributed by atoms with Crippen molar-refractivity contribution in [3.05, 3.63) is 58.1 Å². The quantitative estimate of drug-likeness (QED) is 0.490. The van der Waals surface area contributed by atoms with Crippen molar-refractivity contribution in [2.45, 2.75) is 13.3 Å². The summed E-state index contributed by atoms with van der Waals surface area (Å²) in [5, 5.41) is 17.2. The van der Waals surface area contributed by atoms with Crippen molar-refractivity contribution in [1.29, 1.82) is 0 Å². The fraction of sp³-hybridized carbons (Fsp3) is 0.188. The molecular weight excluding hydrogens is 314 g/mol. The summed E-state index contributed by atoms with van der Waals surface area (Å²) in [6.07, 6.45) is 0.936. The minimum absolute atomic E-state index is 0.0399. The lowest BCUT2D eigenvalue weighted by atomic mass is 10.1. The molecule has 2 rings (SSSR count). The van der Waals surface area contributed by atoms with Crippen molar-refractivity contribution in [3.8, 4) is 5.75 Å². The number of rotatable bonds is 5. The topological polar surface area (TPSA) is 76.4 Å². The fourth-order valence-electron chi connectivity index (χ4n) is 2.05. The van der Waals surface area contributed by atoms with E-state index in [2.05, 4.69) is 17.6 Å². The molecule has 6 nitrogen and oxygen atoms in total. The second kappa shape index (κ2) is 7.55. The van der Waals surface area contributed by atoms with Gasteiger partial charge in [-0.3, -0.25) is 10.1 Å². The minimum atomic E-state index is -0.473. The summed E-state index contributed by atoms with van der Waals surface area (Å²) in [5.41, 5.74) is 2.60. The number of ether oxygens (including phenoxy) is 1. The number of hydrogen-bond acceptors (Lipinski definition) is 4. The van der Waals surface area contributed by atoms with Crippen LogP contribution in [0.5, 0.6) is 5.75 Å². The van der Waals surface area contributed by atoms with Gasteiger partial charge in [-0.2, -0.15) is 0 Å². The first-order valence-corrected chi connectivity index (χ1v) is 7.43. The highest BCUT2D eigenvalue weighted by molar-refractivity contribution is 7.80. The SMILES string of the molecule is CCc1cccc(NC(=S)Nc2ccc([N+](=O)[O-])cc2OC)c1. The van der Waals surface area contributed by atoms with Gasteiger partial charge < -0.3 is 15.4 Å². The lowest BCUT2D eigenvalue weighted by Gasteiger charge is -2.13. The number of thiocarbonyl (C=S) groups is 1. The monoisotopic (exact) mass is 331 g/mol. The molecule has 2 aromatic rings. The highest BCUT2D eigenvalue weighted by Crippen LogP contribution is 2.29. The Labute approximate surface area is 139 Å². The molecule has 0 aliphatic carbocycles. The first-order chi connectivity index (χ1) is 11.0. The molecule has 0 aliphatic heterocycles. The van der Waals surface area contributed by atoms with E-state index in [1.807, 2.05) is 24.3 Å². The third-order valence-corrected chi connectivity index (χ3v) is 3.44. The van der Waals surface area contributed by atoms with Crippen LogP contribution in [-0.4, -0.2) is 17.1 Å². The maximum Gasteiger partial charge on any atom is 0.273 e. The normalized spacial score (nSPS) is 10.0. The number of benzene rings is 2. The van der Waals surface area contributed by atoms with Gasteiger partial charge >= 0.3 is 0 Å². The van der Waals surface area contributed by atoms with Crippen molar-refractivity contribution in [1.82, 2.24) is 0 Å². The first kappa shape index (κ1) is 16.7. The van der Waals surface area contributed by atoms with Crippen LogP contribution in [0.1, 0.15) is 12.5 Å². The highest BCUT2D eigenvalue weighted by Gasteiger charge is 2.12. The molecule has 0 bridgehead atoms. The Morgan fingerprint density at radius 3 is 2.70 bits per heavy atom. The van der Waals surface area contributed by atoms with Gasteiger partial charge in [0.05, 0.1) is 23.8 Å². The third-order valence-electron chi connectivity index (χ3n) is 3.24. The van der Waals surface area contributed by atoms with Crippen LogP contribution in [0.15, 0.2) is 42.5 Å². The van der Waals surface area contributed by atoms with Crippen molar-refractivity contribution >= 4 is 34.4 Å². The number of aryl methyl sites for hydroxylation is 1. The van der Waals surface area contributed by atoms with Gasteiger partial charge in [0.15, 0.2) is 5.11 Å². The maximum atomic E-state index is 10.8. The smallest absolute Gasteiger partial charge is 0.273 e. The first-order valence-electron chi connectivity index (χ1n) is 7.03. The number of nitro benzene ring substituents is 1. The van der Waals surface area contributed by atoms with Gasteiger partial charge in [0.1, 0.15) is 5.75 Å². The van der Waals surface area contributed by atoms with Gasteiger partial charge in [-0.25, -0.2) is 0 Å². The van der Waals surface area contributed by atoms with E-state index in [1.54, 1.807) is 6.07 Å². The summed E-state index contributed by atoms with van der Waals surface area (Å²) in [7, 11) is 1.45. The minimum Gasteiger partial charge on any atom is -0.494 e. The molecule has 0 fully saturated rings. The fourth-order valence-corrected chi connectivity index (χ4v) is 2.28. The molecule has 2 N–H and O–H groups in total. The van der Waals surface area contributed by atoms with Gasteiger partial charge in [0, 0.05) is 11.8 Å². The second-order valence-corrected chi connectivity index (χ2v) is 5.18. The summed E-state index contributed by atoms with van der Waals surface area (Å²) in [4.78, 5) is 10.3. The van der Waals surface area contributed by atoms with Gasteiger partial charge in [-0.05, 0) is 42.4 Å². The number of nitrogens with one attached hydrogen (secondary N) is 2. The van der Waals surface area contributed by atoms with E-state index >= 15 is 0 Å². The Balaban J connectivity index is 2.11. The summed E-state index contributed by atoms with van der Waals surface area (Å²) in [6.45, 7) is 2.08. The summed E-state index contributed by atoms with van der Waals surface area (Å²) >= 11 is 5.28. The number of methoxy groups -OCH3 is 1. The number of hydrogen-bond donors (Lipinski definition) is 2. The molecule has 0 atom stereocenters. The van der Waals surface area contributed by atoms with Crippen LogP contribution < -0.4 is 15.4 Å². The Morgan fingerprint density at radius 2 is 2.04 bits per heavy atom. The van der Waals surface area contributed by atoms with Crippen molar-refractivity contribution in [3.63, 3.8) is 0 Å². The van der Waals surface area contributed by atoms with Crippen LogP contribution in [0.25, 0.3) is 0 Å². The van der Waals surface area contributed by atoms with E-state index in [0.717, 1.165) is 12.1 Å². The zero-order valence-electron chi connectivity index (χ0n) is 12.8. The molecular formula is C16H17N3O3S. The van der Waals surface area contributed by atoms with Crippen molar-refractivity contribution < 1.29 is 9.66 Å². The molecule has 0 aliphatic rings. The molecule has 23 heavy (non-hydrogen) atoms. The number of anilines is 2. The van der Waals surface area contributed by atoms with Crippen LogP contribution >= 0.6 is 12.2 Å². The highest BCUT2D eigenvalue weighted by atomic mass is 32.1. The van der Waals surface area contributed by atoms with E-state index in [1.165, 1.54) is 24.8 Å². The zero-order valence-corrected chi connectivity index (χ0v) is 13.6. The van der Waals surface area contributed by atoms with Crippen LogP contribution in [0.3, 0.4) is 0 Å². The number of nitro groups is 1. The standard InChI is InChI=1S/C16H17N3O3S/c1-3-11-5-4-6-12(9-11)17-16(23)18-14-8-7-13(19(20)21)10-15(14)22-2/h4-10H,3H2,1-2H3,(H2,17,18,23). The number of non-ortho nitro benzene ring substituents is 1. The lowest BCUT2D eigenvalue weighted by molar-refractivity contribution is -0.384. The van der Waals surface area contributed by atoms with E-state index < -0.39 is 4.92 Å². The average Bonchev–Trinajstić information content (AvgIpc) is 2.55. The van der Waals surface area contributed by atoms with E-state index in [4.69, 9.17) is 17.0 Å². The predicted octanol–water partition coefficient (Wildman–Crippen LogP) is 3.97. The summed E-state index contributed by atoms with van der Waals surface area (Å²) in [5.74, 6) is 0.352. The molecule has 0 radical (unpaired) electrons. The molecule has 0 saturated heterocycles. The molecule has 0 unspecified atom stereocenters. The molecule has 0 saturated carbocycles.